The number of likely N-dealkylation sites (N-methyl/N-ethyl adjacent to an activating group) is 1. The van der Waals surface area contributed by atoms with Gasteiger partial charge in [0, 0.05) is 25.2 Å². The molecule has 0 spiro atoms. The third kappa shape index (κ3) is 4.72. The summed E-state index contributed by atoms with van der Waals surface area (Å²) in [5.41, 5.74) is 5.11. The highest BCUT2D eigenvalue weighted by Crippen LogP contribution is 2.16. The Bertz CT molecular complexity index is 308. The molecule has 1 aliphatic heterocycles. The molecular weight excluding hydrogens is 254 g/mol. The molecule has 1 saturated heterocycles. The maximum Gasteiger partial charge on any atom is 0.325 e. The second-order valence-electron chi connectivity index (χ2n) is 6.49. The van der Waals surface area contributed by atoms with Crippen LogP contribution in [0, 0.1) is 0 Å². The lowest BCUT2D eigenvalue weighted by Crippen LogP contribution is -2.55. The quantitative estimate of drug-likeness (QED) is 0.584. The van der Waals surface area contributed by atoms with Gasteiger partial charge in [0.05, 0.1) is 7.11 Å². The van der Waals surface area contributed by atoms with Crippen LogP contribution in [0.3, 0.4) is 0 Å². The molecule has 0 bridgehead atoms. The number of methoxy groups -OCH3 is 1. The van der Waals surface area contributed by atoms with E-state index in [1.165, 1.54) is 7.11 Å². The van der Waals surface area contributed by atoms with Crippen molar-refractivity contribution in [3.05, 3.63) is 0 Å². The van der Waals surface area contributed by atoms with Gasteiger partial charge in [0.25, 0.3) is 0 Å². The van der Waals surface area contributed by atoms with Crippen LogP contribution >= 0.6 is 0 Å². The molecule has 3 unspecified atom stereocenters. The molecule has 1 heterocycles. The van der Waals surface area contributed by atoms with E-state index in [1.807, 2.05) is 0 Å². The van der Waals surface area contributed by atoms with Crippen molar-refractivity contribution >= 4 is 5.97 Å². The molecule has 5 heteroatoms. The number of hydrogen-bond acceptors (Lipinski definition) is 5. The first-order valence-corrected chi connectivity index (χ1v) is 7.59. The number of esters is 1. The van der Waals surface area contributed by atoms with Crippen molar-refractivity contribution in [3.63, 3.8) is 0 Å². The van der Waals surface area contributed by atoms with Crippen LogP contribution in [0.25, 0.3) is 0 Å². The minimum atomic E-state index is -0.850. The van der Waals surface area contributed by atoms with Crippen LogP contribution in [0.4, 0.5) is 0 Å². The number of unbranched alkanes of at least 4 members (excludes halogenated alkanes) is 1. The smallest absolute Gasteiger partial charge is 0.325 e. The van der Waals surface area contributed by atoms with Crippen molar-refractivity contribution in [2.75, 3.05) is 33.8 Å². The van der Waals surface area contributed by atoms with Gasteiger partial charge in [-0.05, 0) is 53.6 Å². The van der Waals surface area contributed by atoms with E-state index in [9.17, 15) is 4.79 Å². The van der Waals surface area contributed by atoms with Crippen LogP contribution in [-0.2, 0) is 9.53 Å². The van der Waals surface area contributed by atoms with Crippen molar-refractivity contribution in [1.82, 2.24) is 9.80 Å². The molecule has 1 fully saturated rings. The molecular formula is C15H31N3O2. The molecule has 3 atom stereocenters. The topological polar surface area (TPSA) is 58.8 Å². The zero-order chi connectivity index (χ0) is 15.3. The molecule has 20 heavy (non-hydrogen) atoms. The molecule has 0 saturated carbocycles. The minimum Gasteiger partial charge on any atom is -0.468 e. The molecule has 0 aromatic carbocycles. The van der Waals surface area contributed by atoms with Crippen LogP contribution in [0.15, 0.2) is 0 Å². The van der Waals surface area contributed by atoms with Crippen LogP contribution in [0.1, 0.15) is 40.0 Å². The molecule has 118 valence electrons. The number of hydrogen-bond donors (Lipinski definition) is 1. The fraction of sp³-hybridized carbons (Fsp3) is 0.933. The summed E-state index contributed by atoms with van der Waals surface area (Å²) >= 11 is 0. The van der Waals surface area contributed by atoms with Crippen molar-refractivity contribution < 1.29 is 9.53 Å². The van der Waals surface area contributed by atoms with Crippen molar-refractivity contribution in [2.45, 2.75) is 57.7 Å². The first-order chi connectivity index (χ1) is 9.27. The fourth-order valence-corrected chi connectivity index (χ4v) is 2.86. The lowest BCUT2D eigenvalue weighted by molar-refractivity contribution is -0.146. The summed E-state index contributed by atoms with van der Waals surface area (Å²) < 4.78 is 4.72. The van der Waals surface area contributed by atoms with Crippen LogP contribution in [0.5, 0.6) is 0 Å². The van der Waals surface area contributed by atoms with E-state index >= 15 is 0 Å². The summed E-state index contributed by atoms with van der Waals surface area (Å²) in [5.74, 6) is -0.320. The highest BCUT2D eigenvalue weighted by Gasteiger charge is 2.29. The molecule has 5 nitrogen and oxygen atoms in total. The van der Waals surface area contributed by atoms with Gasteiger partial charge in [-0.3, -0.25) is 9.69 Å². The van der Waals surface area contributed by atoms with Gasteiger partial charge in [0.1, 0.15) is 5.54 Å². The number of nitrogens with two attached hydrogens (primary N) is 1. The maximum atomic E-state index is 11.5. The Hall–Kier alpha value is -0.650. The largest absolute Gasteiger partial charge is 0.468 e. The predicted octanol–water partition coefficient (Wildman–Crippen LogP) is 1.07. The van der Waals surface area contributed by atoms with E-state index in [0.717, 1.165) is 32.5 Å². The van der Waals surface area contributed by atoms with E-state index in [-0.39, 0.29) is 5.97 Å². The zero-order valence-electron chi connectivity index (χ0n) is 13.7. The maximum absolute atomic E-state index is 11.5. The van der Waals surface area contributed by atoms with E-state index in [4.69, 9.17) is 10.5 Å². The van der Waals surface area contributed by atoms with Gasteiger partial charge in [-0.15, -0.1) is 0 Å². The predicted molar refractivity (Wildman–Crippen MR) is 81.6 cm³/mol. The molecule has 2 N–H and O–H groups in total. The van der Waals surface area contributed by atoms with Gasteiger partial charge >= 0.3 is 5.97 Å². The molecule has 1 rings (SSSR count). The average molecular weight is 285 g/mol. The van der Waals surface area contributed by atoms with Crippen LogP contribution in [0.2, 0.25) is 0 Å². The molecule has 0 amide bonds. The number of ether oxygens (including phenoxy) is 1. The van der Waals surface area contributed by atoms with Crippen molar-refractivity contribution in [3.8, 4) is 0 Å². The van der Waals surface area contributed by atoms with E-state index < -0.39 is 5.54 Å². The van der Waals surface area contributed by atoms with Gasteiger partial charge in [-0.1, -0.05) is 0 Å². The van der Waals surface area contributed by atoms with Gasteiger partial charge < -0.3 is 15.4 Å². The van der Waals surface area contributed by atoms with Crippen LogP contribution < -0.4 is 5.73 Å². The van der Waals surface area contributed by atoms with Gasteiger partial charge in [0.15, 0.2) is 0 Å². The SMILES string of the molecule is COC(=O)C(C)(N)CCCCN1CC(C)N(C)C(C)C1. The normalized spacial score (nSPS) is 28.1. The summed E-state index contributed by atoms with van der Waals surface area (Å²) in [7, 11) is 3.59. The Morgan fingerprint density at radius 3 is 2.35 bits per heavy atom. The van der Waals surface area contributed by atoms with Crippen molar-refractivity contribution in [2.24, 2.45) is 5.73 Å². The number of rotatable bonds is 6. The number of nitrogens with zero attached hydrogens (tertiary/aromatic N) is 2. The van der Waals surface area contributed by atoms with Crippen LogP contribution in [-0.4, -0.2) is 67.2 Å². The molecule has 1 aliphatic rings. The summed E-state index contributed by atoms with van der Waals surface area (Å²) in [4.78, 5) is 16.4. The highest BCUT2D eigenvalue weighted by atomic mass is 16.5. The van der Waals surface area contributed by atoms with Gasteiger partial charge in [-0.25, -0.2) is 0 Å². The number of carbonyl (C=O) groups excluding carboxylic acids is 1. The molecule has 0 aromatic rings. The van der Waals surface area contributed by atoms with E-state index in [2.05, 4.69) is 30.7 Å². The third-order valence-electron chi connectivity index (χ3n) is 4.51. The van der Waals surface area contributed by atoms with Gasteiger partial charge in [0.2, 0.25) is 0 Å². The Morgan fingerprint density at radius 1 is 1.30 bits per heavy atom. The third-order valence-corrected chi connectivity index (χ3v) is 4.51. The second kappa shape index (κ2) is 7.38. The molecule has 0 aromatic heterocycles. The summed E-state index contributed by atoms with van der Waals surface area (Å²) in [6.07, 6.45) is 2.71. The minimum absolute atomic E-state index is 0.320. The fourth-order valence-electron chi connectivity index (χ4n) is 2.86. The highest BCUT2D eigenvalue weighted by molar-refractivity contribution is 5.79. The number of carbonyl (C=O) groups is 1. The lowest BCUT2D eigenvalue weighted by atomic mass is 9.96. The Kier molecular flexibility index (Phi) is 6.43. The Labute approximate surface area is 123 Å². The van der Waals surface area contributed by atoms with Crippen molar-refractivity contribution in [1.29, 1.82) is 0 Å². The average Bonchev–Trinajstić information content (AvgIpc) is 2.39. The lowest BCUT2D eigenvalue weighted by Gasteiger charge is -2.42. The van der Waals surface area contributed by atoms with E-state index in [0.29, 0.717) is 18.5 Å². The monoisotopic (exact) mass is 285 g/mol. The summed E-state index contributed by atoms with van der Waals surface area (Å²) in [5, 5.41) is 0. The first kappa shape index (κ1) is 17.4. The second-order valence-corrected chi connectivity index (χ2v) is 6.49. The Morgan fingerprint density at radius 2 is 1.85 bits per heavy atom. The molecule has 0 aliphatic carbocycles. The standard InChI is InChI=1S/C15H31N3O2/c1-12-10-18(11-13(2)17(12)4)9-7-6-8-15(3,16)14(19)20-5/h12-13H,6-11,16H2,1-5H3. The Balaban J connectivity index is 2.26. The summed E-state index contributed by atoms with van der Waals surface area (Å²) in [6, 6.07) is 1.21. The van der Waals surface area contributed by atoms with Gasteiger partial charge in [-0.2, -0.15) is 0 Å². The zero-order valence-corrected chi connectivity index (χ0v) is 13.7. The van der Waals surface area contributed by atoms with E-state index in [1.54, 1.807) is 6.92 Å². The first-order valence-electron chi connectivity index (χ1n) is 7.59. The molecule has 0 radical (unpaired) electrons. The number of piperazine rings is 1. The summed E-state index contributed by atoms with van der Waals surface area (Å²) in [6.45, 7) is 9.63.